The van der Waals surface area contributed by atoms with Crippen molar-refractivity contribution in [1.29, 1.82) is 0 Å². The number of piperazine rings is 1. The quantitative estimate of drug-likeness (QED) is 0.746. The van der Waals surface area contributed by atoms with Crippen LogP contribution in [0, 0.1) is 6.92 Å². The Labute approximate surface area is 146 Å². The van der Waals surface area contributed by atoms with Crippen LogP contribution < -0.4 is 11.1 Å². The van der Waals surface area contributed by atoms with Crippen LogP contribution in [0.1, 0.15) is 18.9 Å². The molecular formula is C17H24N4O4. The number of nitrogens with zero attached hydrogens (tertiary/aromatic N) is 2. The molecule has 1 aromatic rings. The van der Waals surface area contributed by atoms with Crippen LogP contribution in [-0.4, -0.2) is 64.5 Å². The number of benzene rings is 1. The van der Waals surface area contributed by atoms with Crippen molar-refractivity contribution in [2.45, 2.75) is 32.4 Å². The van der Waals surface area contributed by atoms with Crippen LogP contribution in [-0.2, 0) is 9.59 Å². The summed E-state index contributed by atoms with van der Waals surface area (Å²) < 4.78 is 0. The second kappa shape index (κ2) is 7.98. The smallest absolute Gasteiger partial charge is 0.407 e. The summed E-state index contributed by atoms with van der Waals surface area (Å²) in [6, 6.07) is 6.08. The zero-order chi connectivity index (χ0) is 18.6. The Kier molecular flexibility index (Phi) is 5.97. The van der Waals surface area contributed by atoms with Gasteiger partial charge in [0.15, 0.2) is 0 Å². The van der Waals surface area contributed by atoms with Gasteiger partial charge in [-0.15, -0.1) is 0 Å². The largest absolute Gasteiger partial charge is 0.465 e. The Morgan fingerprint density at radius 1 is 1.28 bits per heavy atom. The highest BCUT2D eigenvalue weighted by Crippen LogP contribution is 2.16. The van der Waals surface area contributed by atoms with E-state index in [0.29, 0.717) is 5.69 Å². The van der Waals surface area contributed by atoms with Gasteiger partial charge in [0.2, 0.25) is 11.8 Å². The normalized spacial score (nSPS) is 18.6. The minimum absolute atomic E-state index is 0.0249. The molecule has 8 nitrogen and oxygen atoms in total. The molecule has 1 saturated heterocycles. The van der Waals surface area contributed by atoms with Crippen LogP contribution in [0.4, 0.5) is 10.5 Å². The molecule has 0 saturated carbocycles. The molecule has 1 aromatic carbocycles. The minimum atomic E-state index is -1.10. The average molecular weight is 348 g/mol. The van der Waals surface area contributed by atoms with E-state index < -0.39 is 18.2 Å². The van der Waals surface area contributed by atoms with Crippen molar-refractivity contribution in [1.82, 2.24) is 9.80 Å². The molecule has 0 aromatic heterocycles. The van der Waals surface area contributed by atoms with E-state index in [2.05, 4.69) is 5.32 Å². The van der Waals surface area contributed by atoms with E-state index in [1.165, 1.54) is 9.80 Å². The van der Waals surface area contributed by atoms with Crippen LogP contribution in [0.5, 0.6) is 0 Å². The number of carbonyl (C=O) groups is 3. The van der Waals surface area contributed by atoms with Crippen molar-refractivity contribution >= 4 is 23.6 Å². The molecule has 4 N–H and O–H groups in total. The SMILES string of the molecule is Cc1ccc(NC(=O)CC2CN(C(=O)C(C)N)CCN2C(=O)O)cc1. The lowest BCUT2D eigenvalue weighted by Crippen LogP contribution is -2.59. The van der Waals surface area contributed by atoms with Gasteiger partial charge in [-0.05, 0) is 26.0 Å². The second-order valence-electron chi connectivity index (χ2n) is 6.32. The topological polar surface area (TPSA) is 116 Å². The fourth-order valence-corrected chi connectivity index (χ4v) is 2.83. The molecule has 1 fully saturated rings. The second-order valence-corrected chi connectivity index (χ2v) is 6.32. The molecule has 0 radical (unpaired) electrons. The van der Waals surface area contributed by atoms with E-state index in [1.807, 2.05) is 19.1 Å². The number of aryl methyl sites for hydroxylation is 1. The van der Waals surface area contributed by atoms with Gasteiger partial charge in [0.05, 0.1) is 12.1 Å². The average Bonchev–Trinajstić information content (AvgIpc) is 2.55. The Morgan fingerprint density at radius 3 is 2.48 bits per heavy atom. The summed E-state index contributed by atoms with van der Waals surface area (Å²) in [6.07, 6.45) is -1.12. The lowest BCUT2D eigenvalue weighted by atomic mass is 10.1. The maximum absolute atomic E-state index is 12.3. The summed E-state index contributed by atoms with van der Waals surface area (Å²) in [5.41, 5.74) is 7.35. The summed E-state index contributed by atoms with van der Waals surface area (Å²) in [4.78, 5) is 38.5. The number of hydrogen-bond donors (Lipinski definition) is 3. The zero-order valence-electron chi connectivity index (χ0n) is 14.4. The Bertz CT molecular complexity index is 645. The van der Waals surface area contributed by atoms with Crippen LogP contribution in [0.15, 0.2) is 24.3 Å². The number of carboxylic acid groups (broad SMARTS) is 1. The van der Waals surface area contributed by atoms with Crippen molar-refractivity contribution in [2.75, 3.05) is 25.0 Å². The molecule has 25 heavy (non-hydrogen) atoms. The highest BCUT2D eigenvalue weighted by atomic mass is 16.4. The molecule has 2 atom stereocenters. The van der Waals surface area contributed by atoms with E-state index in [0.717, 1.165) is 5.56 Å². The van der Waals surface area contributed by atoms with E-state index in [-0.39, 0.29) is 37.9 Å². The number of anilines is 1. The summed E-state index contributed by atoms with van der Waals surface area (Å²) in [5.74, 6) is -0.538. The van der Waals surface area contributed by atoms with Gasteiger partial charge in [-0.3, -0.25) is 9.59 Å². The number of hydrogen-bond acceptors (Lipinski definition) is 4. The fraction of sp³-hybridized carbons (Fsp3) is 0.471. The monoisotopic (exact) mass is 348 g/mol. The molecule has 0 bridgehead atoms. The minimum Gasteiger partial charge on any atom is -0.465 e. The van der Waals surface area contributed by atoms with Gasteiger partial charge in [0, 0.05) is 31.7 Å². The molecule has 1 aliphatic rings. The van der Waals surface area contributed by atoms with Gasteiger partial charge in [-0.1, -0.05) is 17.7 Å². The fourth-order valence-electron chi connectivity index (χ4n) is 2.83. The standard InChI is InChI=1S/C17H24N4O4/c1-11-3-5-13(6-4-11)19-15(22)9-14-10-20(16(23)12(2)18)7-8-21(14)17(24)25/h3-6,12,14H,7-10,18H2,1-2H3,(H,19,22)(H,24,25). The predicted molar refractivity (Wildman–Crippen MR) is 93.2 cm³/mol. The van der Waals surface area contributed by atoms with E-state index in [4.69, 9.17) is 5.73 Å². The van der Waals surface area contributed by atoms with Crippen LogP contribution in [0.2, 0.25) is 0 Å². The highest BCUT2D eigenvalue weighted by Gasteiger charge is 2.34. The van der Waals surface area contributed by atoms with Crippen molar-refractivity contribution < 1.29 is 19.5 Å². The molecule has 2 unspecified atom stereocenters. The lowest BCUT2D eigenvalue weighted by molar-refractivity contribution is -0.135. The van der Waals surface area contributed by atoms with Crippen molar-refractivity contribution in [3.63, 3.8) is 0 Å². The van der Waals surface area contributed by atoms with Gasteiger partial charge in [0.25, 0.3) is 0 Å². The summed E-state index contributed by atoms with van der Waals surface area (Å²) >= 11 is 0. The molecule has 136 valence electrons. The molecule has 1 aliphatic heterocycles. The third-order valence-electron chi connectivity index (χ3n) is 4.19. The highest BCUT2D eigenvalue weighted by molar-refractivity contribution is 5.91. The van der Waals surface area contributed by atoms with E-state index in [9.17, 15) is 19.5 Å². The van der Waals surface area contributed by atoms with Gasteiger partial charge in [-0.2, -0.15) is 0 Å². The van der Waals surface area contributed by atoms with E-state index >= 15 is 0 Å². The molecule has 0 aliphatic carbocycles. The molecular weight excluding hydrogens is 324 g/mol. The molecule has 0 spiro atoms. The first-order valence-electron chi connectivity index (χ1n) is 8.18. The number of rotatable bonds is 4. The van der Waals surface area contributed by atoms with Crippen molar-refractivity contribution in [3.8, 4) is 0 Å². The first-order valence-corrected chi connectivity index (χ1v) is 8.18. The third kappa shape index (κ3) is 4.93. The summed E-state index contributed by atoms with van der Waals surface area (Å²) in [6.45, 7) is 4.14. The van der Waals surface area contributed by atoms with Crippen LogP contribution >= 0.6 is 0 Å². The third-order valence-corrected chi connectivity index (χ3v) is 4.19. The zero-order valence-corrected chi connectivity index (χ0v) is 14.4. The molecule has 1 heterocycles. The maximum atomic E-state index is 12.3. The van der Waals surface area contributed by atoms with Gasteiger partial charge in [-0.25, -0.2) is 4.79 Å². The van der Waals surface area contributed by atoms with Gasteiger partial charge < -0.3 is 26.0 Å². The number of carbonyl (C=O) groups excluding carboxylic acids is 2. The lowest BCUT2D eigenvalue weighted by Gasteiger charge is -2.40. The van der Waals surface area contributed by atoms with Crippen molar-refractivity contribution in [3.05, 3.63) is 29.8 Å². The summed E-state index contributed by atoms with van der Waals surface area (Å²) in [5, 5.41) is 12.1. The Morgan fingerprint density at radius 2 is 1.92 bits per heavy atom. The van der Waals surface area contributed by atoms with Crippen molar-refractivity contribution in [2.24, 2.45) is 5.73 Å². The van der Waals surface area contributed by atoms with Gasteiger partial charge in [0.1, 0.15) is 0 Å². The molecule has 8 heteroatoms. The van der Waals surface area contributed by atoms with E-state index in [1.54, 1.807) is 19.1 Å². The van der Waals surface area contributed by atoms with Crippen LogP contribution in [0.25, 0.3) is 0 Å². The number of nitrogens with one attached hydrogen (secondary N) is 1. The Hall–Kier alpha value is -2.61. The summed E-state index contributed by atoms with van der Waals surface area (Å²) in [7, 11) is 0. The molecule has 3 amide bonds. The first-order chi connectivity index (χ1) is 11.8. The molecule has 2 rings (SSSR count). The van der Waals surface area contributed by atoms with Crippen LogP contribution in [0.3, 0.4) is 0 Å². The Balaban J connectivity index is 2.03. The maximum Gasteiger partial charge on any atom is 0.407 e. The number of amides is 3. The number of nitrogens with two attached hydrogens (primary N) is 1. The first kappa shape index (κ1) is 18.7. The van der Waals surface area contributed by atoms with Gasteiger partial charge >= 0.3 is 6.09 Å². The predicted octanol–water partition coefficient (Wildman–Crippen LogP) is 0.862.